The number of nitrogens with one attached hydrogen (secondary N) is 2. The largest absolute Gasteiger partial charge is 0.363 e. The van der Waals surface area contributed by atoms with Gasteiger partial charge in [-0.1, -0.05) is 12.1 Å². The number of anilines is 1. The van der Waals surface area contributed by atoms with E-state index in [4.69, 9.17) is 0 Å². The summed E-state index contributed by atoms with van der Waals surface area (Å²) in [4.78, 5) is 45.4. The van der Waals surface area contributed by atoms with E-state index >= 15 is 0 Å². The highest BCUT2D eigenvalue weighted by atomic mass is 16.2. The van der Waals surface area contributed by atoms with Gasteiger partial charge in [-0.25, -0.2) is 0 Å². The summed E-state index contributed by atoms with van der Waals surface area (Å²) in [6.07, 6.45) is 6.40. The van der Waals surface area contributed by atoms with Crippen molar-refractivity contribution in [3.63, 3.8) is 0 Å². The second-order valence-corrected chi connectivity index (χ2v) is 8.66. The summed E-state index contributed by atoms with van der Waals surface area (Å²) in [6, 6.07) is 9.66. The van der Waals surface area contributed by atoms with Crippen LogP contribution in [0.1, 0.15) is 47.2 Å². The number of aromatic nitrogens is 1. The second-order valence-electron chi connectivity index (χ2n) is 8.66. The van der Waals surface area contributed by atoms with Crippen molar-refractivity contribution in [1.29, 1.82) is 0 Å². The van der Waals surface area contributed by atoms with Crippen LogP contribution in [-0.2, 0) is 22.7 Å². The second kappa shape index (κ2) is 8.70. The predicted molar refractivity (Wildman–Crippen MR) is 119 cm³/mol. The number of fused-ring (bicyclic) bond motifs is 1. The Morgan fingerprint density at radius 3 is 2.66 bits per heavy atom. The lowest BCUT2D eigenvalue weighted by molar-refractivity contribution is -0.136. The number of rotatable bonds is 5. The average molecular weight is 434 g/mol. The molecule has 1 aromatic carbocycles. The van der Waals surface area contributed by atoms with Crippen LogP contribution >= 0.6 is 0 Å². The highest BCUT2D eigenvalue weighted by Crippen LogP contribution is 2.32. The van der Waals surface area contributed by atoms with E-state index in [1.807, 2.05) is 24.4 Å². The molecule has 1 aromatic heterocycles. The Balaban J connectivity index is 1.43. The molecule has 0 aliphatic carbocycles. The molecular weight excluding hydrogens is 406 g/mol. The molecule has 5 rings (SSSR count). The molecule has 0 radical (unpaired) electrons. The van der Waals surface area contributed by atoms with Crippen molar-refractivity contribution in [2.24, 2.45) is 0 Å². The van der Waals surface area contributed by atoms with E-state index in [0.29, 0.717) is 31.1 Å². The average Bonchev–Trinajstić information content (AvgIpc) is 3.15. The number of nitrogens with zero attached hydrogens (tertiary/aromatic N) is 3. The summed E-state index contributed by atoms with van der Waals surface area (Å²) in [7, 11) is 0. The number of imide groups is 1. The number of amides is 3. The molecule has 0 spiro atoms. The summed E-state index contributed by atoms with van der Waals surface area (Å²) in [5.41, 5.74) is 3.80. The zero-order chi connectivity index (χ0) is 22.1. The first-order valence-corrected chi connectivity index (χ1v) is 11.2. The predicted octanol–water partition coefficient (Wildman–Crippen LogP) is 1.60. The van der Waals surface area contributed by atoms with Gasteiger partial charge in [0.2, 0.25) is 11.8 Å². The maximum absolute atomic E-state index is 13.2. The van der Waals surface area contributed by atoms with Gasteiger partial charge >= 0.3 is 0 Å². The standard InChI is InChI=1S/C24H27N5O3/c30-22-7-6-21(23(31)27-22)29-15-20-16(3-1-5-19(20)24(29)32)14-28(17-8-11-25-12-9-17)18-4-2-10-26-13-18/h1-5,10,13,17,21,25H,6-9,11-12,14-15H2,(H,27,30,31). The molecule has 1 atom stereocenters. The normalized spacial score (nSPS) is 21.4. The molecule has 32 heavy (non-hydrogen) atoms. The molecule has 4 heterocycles. The number of carbonyl (C=O) groups excluding carboxylic acids is 3. The number of piperidine rings is 2. The van der Waals surface area contributed by atoms with Crippen molar-refractivity contribution in [3.05, 3.63) is 59.4 Å². The highest BCUT2D eigenvalue weighted by molar-refractivity contribution is 6.05. The van der Waals surface area contributed by atoms with Crippen molar-refractivity contribution in [2.75, 3.05) is 18.0 Å². The molecule has 8 nitrogen and oxygen atoms in total. The summed E-state index contributed by atoms with van der Waals surface area (Å²) < 4.78 is 0. The lowest BCUT2D eigenvalue weighted by Crippen LogP contribution is -2.52. The van der Waals surface area contributed by atoms with E-state index in [0.717, 1.165) is 42.7 Å². The quantitative estimate of drug-likeness (QED) is 0.696. The zero-order valence-electron chi connectivity index (χ0n) is 17.9. The minimum absolute atomic E-state index is 0.133. The maximum atomic E-state index is 13.2. The topological polar surface area (TPSA) is 94.6 Å². The van der Waals surface area contributed by atoms with Crippen molar-refractivity contribution in [1.82, 2.24) is 20.5 Å². The van der Waals surface area contributed by atoms with Crippen LogP contribution in [0.25, 0.3) is 0 Å². The fourth-order valence-corrected chi connectivity index (χ4v) is 5.05. The van der Waals surface area contributed by atoms with Gasteiger partial charge in [-0.2, -0.15) is 0 Å². The third kappa shape index (κ3) is 3.86. The molecule has 166 valence electrons. The molecule has 2 fully saturated rings. The highest BCUT2D eigenvalue weighted by Gasteiger charge is 2.40. The molecular formula is C24H27N5O3. The van der Waals surface area contributed by atoms with E-state index in [2.05, 4.69) is 32.7 Å². The fraction of sp³-hybridized carbons (Fsp3) is 0.417. The Morgan fingerprint density at radius 1 is 1.06 bits per heavy atom. The van der Waals surface area contributed by atoms with E-state index in [1.165, 1.54) is 0 Å². The van der Waals surface area contributed by atoms with Crippen LogP contribution in [0.2, 0.25) is 0 Å². The van der Waals surface area contributed by atoms with Crippen LogP contribution in [0.3, 0.4) is 0 Å². The third-order valence-corrected chi connectivity index (χ3v) is 6.75. The molecule has 3 amide bonds. The fourth-order valence-electron chi connectivity index (χ4n) is 5.05. The number of hydrogen-bond donors (Lipinski definition) is 2. The molecule has 3 aliphatic heterocycles. The van der Waals surface area contributed by atoms with Crippen LogP contribution in [0.15, 0.2) is 42.7 Å². The Labute approximate surface area is 187 Å². The summed E-state index contributed by atoms with van der Waals surface area (Å²) in [5, 5.41) is 5.80. The number of pyridine rings is 1. The lowest BCUT2D eigenvalue weighted by Gasteiger charge is -2.36. The van der Waals surface area contributed by atoms with Crippen LogP contribution in [0.5, 0.6) is 0 Å². The number of hydrogen-bond acceptors (Lipinski definition) is 6. The third-order valence-electron chi connectivity index (χ3n) is 6.75. The van der Waals surface area contributed by atoms with Crippen LogP contribution in [0, 0.1) is 0 Å². The Morgan fingerprint density at radius 2 is 1.91 bits per heavy atom. The number of benzene rings is 1. The molecule has 2 N–H and O–H groups in total. The Kier molecular flexibility index (Phi) is 5.61. The van der Waals surface area contributed by atoms with Gasteiger partial charge in [-0.05, 0) is 61.7 Å². The molecule has 0 saturated carbocycles. The summed E-state index contributed by atoms with van der Waals surface area (Å²) >= 11 is 0. The van der Waals surface area contributed by atoms with Crippen LogP contribution < -0.4 is 15.5 Å². The van der Waals surface area contributed by atoms with Gasteiger partial charge in [0.25, 0.3) is 5.91 Å². The first-order valence-electron chi connectivity index (χ1n) is 11.2. The molecule has 8 heteroatoms. The van der Waals surface area contributed by atoms with E-state index in [9.17, 15) is 14.4 Å². The Bertz CT molecular complexity index is 1040. The monoisotopic (exact) mass is 433 g/mol. The van der Waals surface area contributed by atoms with Gasteiger partial charge in [-0.3, -0.25) is 24.7 Å². The van der Waals surface area contributed by atoms with Gasteiger partial charge < -0.3 is 15.1 Å². The van der Waals surface area contributed by atoms with E-state index in [1.54, 1.807) is 11.1 Å². The maximum Gasteiger partial charge on any atom is 0.255 e. The first kappa shape index (κ1) is 20.6. The zero-order valence-corrected chi connectivity index (χ0v) is 17.9. The molecule has 2 saturated heterocycles. The van der Waals surface area contributed by atoms with Gasteiger partial charge in [0.05, 0.1) is 11.9 Å². The van der Waals surface area contributed by atoms with Crippen molar-refractivity contribution < 1.29 is 14.4 Å². The van der Waals surface area contributed by atoms with Crippen molar-refractivity contribution in [3.8, 4) is 0 Å². The Hall–Kier alpha value is -3.26. The van der Waals surface area contributed by atoms with Gasteiger partial charge in [0.15, 0.2) is 0 Å². The van der Waals surface area contributed by atoms with E-state index in [-0.39, 0.29) is 24.1 Å². The minimum atomic E-state index is -0.598. The van der Waals surface area contributed by atoms with Crippen molar-refractivity contribution >= 4 is 23.4 Å². The molecule has 3 aliphatic rings. The molecule has 2 aromatic rings. The van der Waals surface area contributed by atoms with Gasteiger partial charge in [-0.15, -0.1) is 0 Å². The molecule has 0 bridgehead atoms. The summed E-state index contributed by atoms with van der Waals surface area (Å²) in [5.74, 6) is -0.785. The lowest BCUT2D eigenvalue weighted by atomic mass is 9.99. The van der Waals surface area contributed by atoms with Gasteiger partial charge in [0.1, 0.15) is 6.04 Å². The minimum Gasteiger partial charge on any atom is -0.363 e. The smallest absolute Gasteiger partial charge is 0.255 e. The van der Waals surface area contributed by atoms with Gasteiger partial charge in [0, 0.05) is 37.3 Å². The van der Waals surface area contributed by atoms with Crippen molar-refractivity contribution in [2.45, 2.75) is 50.9 Å². The van der Waals surface area contributed by atoms with Crippen LogP contribution in [0.4, 0.5) is 5.69 Å². The first-order chi connectivity index (χ1) is 15.6. The summed E-state index contributed by atoms with van der Waals surface area (Å²) in [6.45, 7) is 3.03. The SMILES string of the molecule is O=C1CCC(N2Cc3c(CN(c4cccnc4)C4CCNCC4)cccc3C2=O)C(=O)N1. The molecule has 1 unspecified atom stereocenters. The number of carbonyl (C=O) groups is 3. The van der Waals surface area contributed by atoms with Crippen LogP contribution in [-0.4, -0.2) is 52.8 Å². The van der Waals surface area contributed by atoms with E-state index < -0.39 is 6.04 Å².